The van der Waals surface area contributed by atoms with Crippen LogP contribution in [0.2, 0.25) is 0 Å². The summed E-state index contributed by atoms with van der Waals surface area (Å²) in [5.74, 6) is 2.32. The van der Waals surface area contributed by atoms with E-state index in [9.17, 15) is 13.2 Å². The molecule has 0 spiro atoms. The molecule has 0 bridgehead atoms. The fourth-order valence-corrected chi connectivity index (χ4v) is 4.19. The van der Waals surface area contributed by atoms with E-state index in [4.69, 9.17) is 0 Å². The van der Waals surface area contributed by atoms with Crippen molar-refractivity contribution >= 4 is 28.8 Å². The summed E-state index contributed by atoms with van der Waals surface area (Å²) in [6.07, 6.45) is 1.84. The summed E-state index contributed by atoms with van der Waals surface area (Å²) in [6, 6.07) is 12.5. The number of hydrogen-bond donors (Lipinski definition) is 0. The molecule has 9 heteroatoms. The zero-order valence-corrected chi connectivity index (χ0v) is 18.1. The normalized spacial score (nSPS) is 19.7. The Morgan fingerprint density at radius 3 is 2.12 bits per heavy atom. The lowest BCUT2D eigenvalue weighted by Gasteiger charge is -2.28. The van der Waals surface area contributed by atoms with Crippen molar-refractivity contribution in [2.45, 2.75) is 18.6 Å². The average Bonchev–Trinajstić information content (AvgIpc) is 2.83. The first-order chi connectivity index (χ1) is 15.5. The number of azo groups is 2. The molecule has 0 N–H and O–H groups in total. The first-order valence-electron chi connectivity index (χ1n) is 10.3. The van der Waals surface area contributed by atoms with Gasteiger partial charge in [0.2, 0.25) is 0 Å². The molecule has 0 radical (unpaired) electrons. The summed E-state index contributed by atoms with van der Waals surface area (Å²) in [6.45, 7) is 2.14. The van der Waals surface area contributed by atoms with Crippen molar-refractivity contribution in [3.05, 3.63) is 78.0 Å². The van der Waals surface area contributed by atoms with Crippen LogP contribution in [0.1, 0.15) is 12.0 Å². The molecule has 1 aliphatic heterocycles. The SMILES string of the molecule is FC(F)(F)c1ccc(N=NC2C=CC(N=Nc3ccc(N4CCSCC4)cc3)=CC2)cc1. The van der Waals surface area contributed by atoms with Gasteiger partial charge in [-0.3, -0.25) is 0 Å². The fourth-order valence-electron chi connectivity index (χ4n) is 3.28. The van der Waals surface area contributed by atoms with Crippen LogP contribution in [0.3, 0.4) is 0 Å². The predicted octanol–water partition coefficient (Wildman–Crippen LogP) is 7.34. The zero-order chi connectivity index (χ0) is 22.4. The van der Waals surface area contributed by atoms with Gasteiger partial charge in [-0.2, -0.15) is 45.4 Å². The van der Waals surface area contributed by atoms with Crippen molar-refractivity contribution < 1.29 is 13.2 Å². The van der Waals surface area contributed by atoms with Crippen molar-refractivity contribution in [2.75, 3.05) is 29.5 Å². The van der Waals surface area contributed by atoms with Crippen molar-refractivity contribution in [2.24, 2.45) is 20.5 Å². The molecule has 1 heterocycles. The molecule has 1 aliphatic carbocycles. The maximum Gasteiger partial charge on any atom is 0.416 e. The summed E-state index contributed by atoms with van der Waals surface area (Å²) >= 11 is 1.99. The van der Waals surface area contributed by atoms with Gasteiger partial charge in [0.05, 0.1) is 28.7 Å². The standard InChI is InChI=1S/C23H22F3N5S/c24-23(25,26)17-1-3-18(4-2-17)27-28-19-5-7-20(8-6-19)29-30-21-9-11-22(12-10-21)31-13-15-32-16-14-31/h1-5,7-12,19H,6,13-16H2. The molecule has 1 saturated heterocycles. The van der Waals surface area contributed by atoms with Crippen LogP contribution in [0.5, 0.6) is 0 Å². The molecule has 4 rings (SSSR count). The van der Waals surface area contributed by atoms with Crippen LogP contribution in [0.15, 0.2) is 92.9 Å². The zero-order valence-electron chi connectivity index (χ0n) is 17.2. The highest BCUT2D eigenvalue weighted by Crippen LogP contribution is 2.30. The van der Waals surface area contributed by atoms with Gasteiger partial charge < -0.3 is 4.90 Å². The first kappa shape index (κ1) is 22.3. The van der Waals surface area contributed by atoms with Crippen LogP contribution in [0, 0.1) is 0 Å². The quantitative estimate of drug-likeness (QED) is 0.441. The number of anilines is 1. The molecule has 1 unspecified atom stereocenters. The van der Waals surface area contributed by atoms with E-state index in [1.165, 1.54) is 17.8 Å². The highest BCUT2D eigenvalue weighted by Gasteiger charge is 2.29. The van der Waals surface area contributed by atoms with Crippen molar-refractivity contribution in [3.8, 4) is 0 Å². The van der Waals surface area contributed by atoms with Crippen LogP contribution >= 0.6 is 11.8 Å². The molecule has 32 heavy (non-hydrogen) atoms. The minimum absolute atomic E-state index is 0.182. The Balaban J connectivity index is 1.29. The van der Waals surface area contributed by atoms with Crippen LogP contribution < -0.4 is 4.90 Å². The third kappa shape index (κ3) is 6.06. The Morgan fingerprint density at radius 1 is 0.844 bits per heavy atom. The third-order valence-electron chi connectivity index (χ3n) is 5.08. The van der Waals surface area contributed by atoms with E-state index in [-0.39, 0.29) is 6.04 Å². The Morgan fingerprint density at radius 2 is 1.50 bits per heavy atom. The topological polar surface area (TPSA) is 52.7 Å². The van der Waals surface area contributed by atoms with Gasteiger partial charge in [-0.05, 0) is 61.0 Å². The summed E-state index contributed by atoms with van der Waals surface area (Å²) in [7, 11) is 0. The van der Waals surface area contributed by atoms with Gasteiger partial charge in [0.1, 0.15) is 0 Å². The maximum atomic E-state index is 12.6. The van der Waals surface area contributed by atoms with E-state index >= 15 is 0 Å². The van der Waals surface area contributed by atoms with Gasteiger partial charge in [-0.25, -0.2) is 0 Å². The number of nitrogens with zero attached hydrogens (tertiary/aromatic N) is 5. The highest BCUT2D eigenvalue weighted by molar-refractivity contribution is 7.99. The number of allylic oxidation sites excluding steroid dienone is 1. The van der Waals surface area contributed by atoms with Gasteiger partial charge in [-0.15, -0.1) is 0 Å². The molecule has 1 fully saturated rings. The molecule has 166 valence electrons. The molecule has 0 aromatic heterocycles. The minimum atomic E-state index is -4.36. The molecule has 0 amide bonds. The Labute approximate surface area is 188 Å². The van der Waals surface area contributed by atoms with E-state index in [1.54, 1.807) is 0 Å². The van der Waals surface area contributed by atoms with Crippen LogP contribution in [-0.4, -0.2) is 30.6 Å². The van der Waals surface area contributed by atoms with Gasteiger partial charge in [0.25, 0.3) is 0 Å². The number of benzene rings is 2. The second-order valence-corrected chi connectivity index (χ2v) is 8.59. The Hall–Kier alpha value is -2.94. The first-order valence-corrected chi connectivity index (χ1v) is 11.4. The maximum absolute atomic E-state index is 12.6. The van der Waals surface area contributed by atoms with E-state index in [0.717, 1.165) is 48.1 Å². The lowest BCUT2D eigenvalue weighted by atomic mass is 10.1. The molecule has 2 aliphatic rings. The number of rotatable bonds is 5. The molecule has 1 atom stereocenters. The van der Waals surface area contributed by atoms with Gasteiger partial charge in [-0.1, -0.05) is 12.2 Å². The van der Waals surface area contributed by atoms with E-state index in [0.29, 0.717) is 12.1 Å². The van der Waals surface area contributed by atoms with Gasteiger partial charge in [0.15, 0.2) is 0 Å². The molecule has 2 aromatic carbocycles. The number of hydrogen-bond acceptors (Lipinski definition) is 6. The summed E-state index contributed by atoms with van der Waals surface area (Å²) in [4.78, 5) is 2.38. The average molecular weight is 458 g/mol. The lowest BCUT2D eigenvalue weighted by Crippen LogP contribution is -2.32. The van der Waals surface area contributed by atoms with Crippen molar-refractivity contribution in [1.82, 2.24) is 0 Å². The van der Waals surface area contributed by atoms with Gasteiger partial charge >= 0.3 is 6.18 Å². The van der Waals surface area contributed by atoms with Crippen LogP contribution in [0.25, 0.3) is 0 Å². The molecular formula is C23H22F3N5S. The smallest absolute Gasteiger partial charge is 0.370 e. The minimum Gasteiger partial charge on any atom is -0.370 e. The molecule has 2 aromatic rings. The van der Waals surface area contributed by atoms with Crippen LogP contribution in [-0.2, 0) is 6.18 Å². The fraction of sp³-hybridized carbons (Fsp3) is 0.304. The number of thioether (sulfide) groups is 1. The van der Waals surface area contributed by atoms with Gasteiger partial charge in [0, 0.05) is 30.3 Å². The monoisotopic (exact) mass is 457 g/mol. The highest BCUT2D eigenvalue weighted by atomic mass is 32.2. The Kier molecular flexibility index (Phi) is 7.04. The molecule has 5 nitrogen and oxygen atoms in total. The van der Waals surface area contributed by atoms with Crippen LogP contribution in [0.4, 0.5) is 30.2 Å². The summed E-state index contributed by atoms with van der Waals surface area (Å²) in [5, 5.41) is 16.8. The number of halogens is 3. The van der Waals surface area contributed by atoms with E-state index in [2.05, 4.69) is 37.5 Å². The van der Waals surface area contributed by atoms with E-state index < -0.39 is 11.7 Å². The largest absolute Gasteiger partial charge is 0.416 e. The second kappa shape index (κ2) is 10.1. The lowest BCUT2D eigenvalue weighted by molar-refractivity contribution is -0.137. The Bertz CT molecular complexity index is 1020. The van der Waals surface area contributed by atoms with E-state index in [1.807, 2.05) is 42.1 Å². The molecule has 0 saturated carbocycles. The summed E-state index contributed by atoms with van der Waals surface area (Å²) < 4.78 is 37.8. The third-order valence-corrected chi connectivity index (χ3v) is 6.02. The number of alkyl halides is 3. The predicted molar refractivity (Wildman–Crippen MR) is 122 cm³/mol. The molecular weight excluding hydrogens is 435 g/mol. The summed E-state index contributed by atoms with van der Waals surface area (Å²) in [5.41, 5.74) is 2.42. The van der Waals surface area contributed by atoms with Crippen molar-refractivity contribution in [3.63, 3.8) is 0 Å². The second-order valence-electron chi connectivity index (χ2n) is 7.37. The van der Waals surface area contributed by atoms with Crippen molar-refractivity contribution in [1.29, 1.82) is 0 Å².